The highest BCUT2D eigenvalue weighted by Gasteiger charge is 2.16. The summed E-state index contributed by atoms with van der Waals surface area (Å²) < 4.78 is 0. The highest BCUT2D eigenvalue weighted by Crippen LogP contribution is 2.39. The highest BCUT2D eigenvalue weighted by atomic mass is 14.7. The molecule has 5 rings (SSSR count). The molecule has 0 radical (unpaired) electrons. The van der Waals surface area contributed by atoms with Crippen molar-refractivity contribution in [3.8, 4) is 33.5 Å². The third kappa shape index (κ3) is 4.28. The van der Waals surface area contributed by atoms with Gasteiger partial charge in [-0.3, -0.25) is 0 Å². The van der Waals surface area contributed by atoms with E-state index in [0.29, 0.717) is 0 Å². The van der Waals surface area contributed by atoms with E-state index in [2.05, 4.69) is 127 Å². The molecule has 0 fully saturated rings. The Labute approximate surface area is 189 Å². The Morgan fingerprint density at radius 2 is 0.969 bits per heavy atom. The van der Waals surface area contributed by atoms with Crippen LogP contribution in [-0.2, 0) is 0 Å². The fraction of sp³-hybridized carbons (Fsp3) is 0. The van der Waals surface area contributed by atoms with E-state index in [9.17, 15) is 0 Å². The molecule has 1 nitrogen and oxygen atoms in total. The van der Waals surface area contributed by atoms with Gasteiger partial charge in [-0.2, -0.15) is 0 Å². The lowest BCUT2D eigenvalue weighted by Gasteiger charge is -2.17. The van der Waals surface area contributed by atoms with Crippen molar-refractivity contribution in [1.29, 1.82) is 0 Å². The van der Waals surface area contributed by atoms with E-state index in [1.165, 1.54) is 11.1 Å². The van der Waals surface area contributed by atoms with E-state index in [0.717, 1.165) is 33.6 Å². The van der Waals surface area contributed by atoms with Crippen molar-refractivity contribution in [1.82, 2.24) is 4.98 Å². The Hall–Kier alpha value is -4.23. The molecule has 1 aromatic heterocycles. The zero-order valence-corrected chi connectivity index (χ0v) is 17.7. The summed E-state index contributed by atoms with van der Waals surface area (Å²) in [5.74, 6) is 0. The predicted molar refractivity (Wildman–Crippen MR) is 136 cm³/mol. The van der Waals surface area contributed by atoms with Gasteiger partial charge in [-0.1, -0.05) is 127 Å². The molecule has 0 aliphatic carbocycles. The van der Waals surface area contributed by atoms with Crippen LogP contribution in [0.25, 0.3) is 45.7 Å². The van der Waals surface area contributed by atoms with E-state index in [1.54, 1.807) is 0 Å². The molecule has 1 heterocycles. The molecule has 0 N–H and O–H groups in total. The summed E-state index contributed by atoms with van der Waals surface area (Å²) in [5, 5.41) is 0. The Balaban J connectivity index is 1.77. The standard InChI is InChI=1S/C31H23N/c1-5-13-24(14-6-1)21-22-28-23-29(25-15-7-2-8-16-25)30(26-17-9-3-10-18-26)31(32-28)27-19-11-4-12-20-27/h1-23H/b22-21+. The SMILES string of the molecule is C(=C\c1cc(-c2ccccc2)c(-c2ccccc2)c(-c2ccccc2)n1)/c1ccccc1. The van der Waals surface area contributed by atoms with Gasteiger partial charge >= 0.3 is 0 Å². The minimum atomic E-state index is 0.936. The first-order valence-electron chi connectivity index (χ1n) is 10.8. The number of rotatable bonds is 5. The third-order valence-corrected chi connectivity index (χ3v) is 5.48. The quantitative estimate of drug-likeness (QED) is 0.285. The van der Waals surface area contributed by atoms with Crippen LogP contribution in [0, 0.1) is 0 Å². The molecule has 0 aliphatic heterocycles. The Morgan fingerprint density at radius 1 is 0.469 bits per heavy atom. The minimum absolute atomic E-state index is 0.936. The first kappa shape index (κ1) is 19.7. The van der Waals surface area contributed by atoms with Crippen LogP contribution in [0.5, 0.6) is 0 Å². The number of pyridine rings is 1. The van der Waals surface area contributed by atoms with Gasteiger partial charge in [-0.25, -0.2) is 4.98 Å². The second kappa shape index (κ2) is 9.28. The lowest BCUT2D eigenvalue weighted by atomic mass is 9.90. The zero-order chi connectivity index (χ0) is 21.6. The lowest BCUT2D eigenvalue weighted by molar-refractivity contribution is 1.30. The molecule has 0 aliphatic rings. The molecule has 0 spiro atoms. The van der Waals surface area contributed by atoms with Crippen LogP contribution in [0.4, 0.5) is 0 Å². The van der Waals surface area contributed by atoms with E-state index < -0.39 is 0 Å². The van der Waals surface area contributed by atoms with E-state index in [-0.39, 0.29) is 0 Å². The highest BCUT2D eigenvalue weighted by molar-refractivity contribution is 5.94. The summed E-state index contributed by atoms with van der Waals surface area (Å²) >= 11 is 0. The van der Waals surface area contributed by atoms with Crippen LogP contribution in [0.2, 0.25) is 0 Å². The fourth-order valence-electron chi connectivity index (χ4n) is 3.94. The van der Waals surface area contributed by atoms with Crippen molar-refractivity contribution < 1.29 is 0 Å². The van der Waals surface area contributed by atoms with Crippen LogP contribution >= 0.6 is 0 Å². The molecular weight excluding hydrogens is 386 g/mol. The van der Waals surface area contributed by atoms with Crippen molar-refractivity contribution in [3.63, 3.8) is 0 Å². The molecule has 0 saturated heterocycles. The van der Waals surface area contributed by atoms with Gasteiger partial charge in [0.2, 0.25) is 0 Å². The Bertz CT molecular complexity index is 1260. The molecule has 5 aromatic rings. The molecule has 152 valence electrons. The summed E-state index contributed by atoms with van der Waals surface area (Å²) in [6.07, 6.45) is 4.22. The Kier molecular flexibility index (Phi) is 5.72. The van der Waals surface area contributed by atoms with E-state index in [1.807, 2.05) is 12.1 Å². The molecule has 0 saturated carbocycles. The zero-order valence-electron chi connectivity index (χ0n) is 17.7. The molecule has 0 unspecified atom stereocenters. The first-order chi connectivity index (χ1) is 15.9. The van der Waals surface area contributed by atoms with Gasteiger partial charge in [-0.15, -0.1) is 0 Å². The van der Waals surface area contributed by atoms with Gasteiger partial charge in [0.25, 0.3) is 0 Å². The van der Waals surface area contributed by atoms with Crippen LogP contribution in [-0.4, -0.2) is 4.98 Å². The number of hydrogen-bond acceptors (Lipinski definition) is 1. The maximum Gasteiger partial charge on any atom is 0.0793 e. The summed E-state index contributed by atoms with van der Waals surface area (Å²) in [6.45, 7) is 0. The van der Waals surface area contributed by atoms with Crippen LogP contribution in [0.15, 0.2) is 127 Å². The average molecular weight is 410 g/mol. The van der Waals surface area contributed by atoms with Crippen molar-refractivity contribution in [2.45, 2.75) is 0 Å². The molecule has 4 aromatic carbocycles. The number of hydrogen-bond donors (Lipinski definition) is 0. The molecule has 0 atom stereocenters. The van der Waals surface area contributed by atoms with Crippen molar-refractivity contribution in [2.75, 3.05) is 0 Å². The molecule has 0 bridgehead atoms. The lowest BCUT2D eigenvalue weighted by Crippen LogP contribution is -1.96. The van der Waals surface area contributed by atoms with Crippen LogP contribution < -0.4 is 0 Å². The summed E-state index contributed by atoms with van der Waals surface area (Å²) in [5.41, 5.74) is 8.87. The van der Waals surface area contributed by atoms with Crippen LogP contribution in [0.3, 0.4) is 0 Å². The van der Waals surface area contributed by atoms with Gasteiger partial charge in [0.15, 0.2) is 0 Å². The average Bonchev–Trinajstić information content (AvgIpc) is 2.89. The first-order valence-corrected chi connectivity index (χ1v) is 10.8. The number of benzene rings is 4. The van der Waals surface area contributed by atoms with E-state index >= 15 is 0 Å². The van der Waals surface area contributed by atoms with Crippen molar-refractivity contribution in [3.05, 3.63) is 139 Å². The summed E-state index contributed by atoms with van der Waals surface area (Å²) in [6, 6.07) is 44.1. The minimum Gasteiger partial charge on any atom is -0.248 e. The Morgan fingerprint density at radius 3 is 1.56 bits per heavy atom. The largest absolute Gasteiger partial charge is 0.248 e. The molecular formula is C31H23N. The smallest absolute Gasteiger partial charge is 0.0793 e. The third-order valence-electron chi connectivity index (χ3n) is 5.48. The maximum absolute atomic E-state index is 5.13. The molecule has 32 heavy (non-hydrogen) atoms. The number of nitrogens with zero attached hydrogens (tertiary/aromatic N) is 1. The van der Waals surface area contributed by atoms with Gasteiger partial charge in [-0.05, 0) is 34.4 Å². The van der Waals surface area contributed by atoms with Gasteiger partial charge in [0.05, 0.1) is 11.4 Å². The van der Waals surface area contributed by atoms with Gasteiger partial charge in [0.1, 0.15) is 0 Å². The van der Waals surface area contributed by atoms with E-state index in [4.69, 9.17) is 4.98 Å². The summed E-state index contributed by atoms with van der Waals surface area (Å²) in [4.78, 5) is 5.13. The normalized spacial score (nSPS) is 11.0. The van der Waals surface area contributed by atoms with Crippen molar-refractivity contribution >= 4 is 12.2 Å². The summed E-state index contributed by atoms with van der Waals surface area (Å²) in [7, 11) is 0. The topological polar surface area (TPSA) is 12.9 Å². The van der Waals surface area contributed by atoms with Crippen molar-refractivity contribution in [2.24, 2.45) is 0 Å². The monoisotopic (exact) mass is 409 g/mol. The van der Waals surface area contributed by atoms with Gasteiger partial charge < -0.3 is 0 Å². The molecule has 0 amide bonds. The second-order valence-electron chi connectivity index (χ2n) is 7.66. The second-order valence-corrected chi connectivity index (χ2v) is 7.66. The maximum atomic E-state index is 5.13. The fourth-order valence-corrected chi connectivity index (χ4v) is 3.94. The predicted octanol–water partition coefficient (Wildman–Crippen LogP) is 8.25. The van der Waals surface area contributed by atoms with Crippen LogP contribution in [0.1, 0.15) is 11.3 Å². The van der Waals surface area contributed by atoms with Gasteiger partial charge in [0, 0.05) is 11.1 Å². The number of aromatic nitrogens is 1. The molecule has 1 heteroatoms.